The van der Waals surface area contributed by atoms with Gasteiger partial charge in [-0.25, -0.2) is 0 Å². The molecule has 1 aromatic carbocycles. The lowest BCUT2D eigenvalue weighted by molar-refractivity contribution is -0.122. The number of piperidine rings is 1. The van der Waals surface area contributed by atoms with Crippen LogP contribution in [0.15, 0.2) is 22.6 Å². The second-order valence-electron chi connectivity index (χ2n) is 6.65. The fourth-order valence-corrected chi connectivity index (χ4v) is 3.23. The van der Waals surface area contributed by atoms with Crippen LogP contribution >= 0.6 is 0 Å². The third kappa shape index (κ3) is 3.97. The Hall–Kier alpha value is -3.01. The van der Waals surface area contributed by atoms with Crippen molar-refractivity contribution < 1.29 is 13.9 Å². The first-order valence-electron chi connectivity index (χ1n) is 8.61. The van der Waals surface area contributed by atoms with Gasteiger partial charge in [-0.15, -0.1) is 0 Å². The van der Waals surface area contributed by atoms with Gasteiger partial charge in [0.05, 0.1) is 0 Å². The van der Waals surface area contributed by atoms with Crippen molar-refractivity contribution in [3.63, 3.8) is 0 Å². The number of nitrogens with zero attached hydrogens (tertiary/aromatic N) is 3. The van der Waals surface area contributed by atoms with Crippen LogP contribution in [-0.4, -0.2) is 24.0 Å². The van der Waals surface area contributed by atoms with E-state index in [-0.39, 0.29) is 24.1 Å². The van der Waals surface area contributed by atoms with Crippen molar-refractivity contribution in [1.29, 1.82) is 5.26 Å². The van der Waals surface area contributed by atoms with Gasteiger partial charge >= 0.3 is 0 Å². The van der Waals surface area contributed by atoms with Crippen molar-refractivity contribution in [2.45, 2.75) is 33.3 Å². The molecule has 1 amide bonds. The standard InChI is InChI=1S/C19H22N4O3/c1-12-7-13(2)9-15(8-12)25-11-17-22-16(10-20)19(26-17)23-5-3-14(4-6-23)18(21)24/h7-9,14H,3-6,11H2,1-2H3,(H2,21,24). The number of amides is 1. The van der Waals surface area contributed by atoms with Crippen molar-refractivity contribution in [2.75, 3.05) is 18.0 Å². The van der Waals surface area contributed by atoms with Crippen molar-refractivity contribution >= 4 is 11.8 Å². The molecule has 0 atom stereocenters. The van der Waals surface area contributed by atoms with Crippen molar-refractivity contribution in [3.05, 3.63) is 40.9 Å². The number of carbonyl (C=O) groups excluding carboxylic acids is 1. The Morgan fingerprint density at radius 1 is 1.35 bits per heavy atom. The summed E-state index contributed by atoms with van der Waals surface area (Å²) in [7, 11) is 0. The fraction of sp³-hybridized carbons (Fsp3) is 0.421. The van der Waals surface area contributed by atoms with E-state index in [9.17, 15) is 10.1 Å². The summed E-state index contributed by atoms with van der Waals surface area (Å²) in [4.78, 5) is 17.5. The lowest BCUT2D eigenvalue weighted by atomic mass is 9.96. The molecule has 2 N–H and O–H groups in total. The summed E-state index contributed by atoms with van der Waals surface area (Å²) < 4.78 is 11.5. The molecular weight excluding hydrogens is 332 g/mol. The van der Waals surface area contributed by atoms with Gasteiger partial charge in [0, 0.05) is 19.0 Å². The Morgan fingerprint density at radius 3 is 2.58 bits per heavy atom. The zero-order chi connectivity index (χ0) is 18.7. The van der Waals surface area contributed by atoms with Gasteiger partial charge in [0.25, 0.3) is 0 Å². The molecule has 1 fully saturated rings. The summed E-state index contributed by atoms with van der Waals surface area (Å²) in [6.07, 6.45) is 1.30. The first-order valence-corrected chi connectivity index (χ1v) is 8.61. The van der Waals surface area contributed by atoms with Crippen molar-refractivity contribution in [3.8, 4) is 11.8 Å². The van der Waals surface area contributed by atoms with Gasteiger partial charge in [0.2, 0.25) is 23.4 Å². The Labute approximate surface area is 152 Å². The normalized spacial score (nSPS) is 14.9. The number of nitrogens with two attached hydrogens (primary N) is 1. The van der Waals surface area contributed by atoms with Crippen molar-refractivity contribution in [2.24, 2.45) is 11.7 Å². The van der Waals surface area contributed by atoms with Crippen LogP contribution in [0.4, 0.5) is 5.88 Å². The number of nitriles is 1. The molecular formula is C19H22N4O3. The SMILES string of the molecule is Cc1cc(C)cc(OCc2nc(C#N)c(N3CCC(C(N)=O)CC3)o2)c1. The maximum Gasteiger partial charge on any atom is 0.236 e. The lowest BCUT2D eigenvalue weighted by Gasteiger charge is -2.30. The number of rotatable bonds is 5. The molecule has 0 bridgehead atoms. The molecule has 0 radical (unpaired) electrons. The van der Waals surface area contributed by atoms with Crippen LogP contribution in [0.2, 0.25) is 0 Å². The molecule has 2 aromatic rings. The van der Waals surface area contributed by atoms with Gasteiger partial charge in [-0.05, 0) is 49.9 Å². The summed E-state index contributed by atoms with van der Waals surface area (Å²) in [6.45, 7) is 5.37. The molecule has 0 saturated carbocycles. The smallest absolute Gasteiger partial charge is 0.236 e. The highest BCUT2D eigenvalue weighted by molar-refractivity contribution is 5.77. The Balaban J connectivity index is 1.69. The third-order valence-corrected chi connectivity index (χ3v) is 4.50. The molecule has 136 valence electrons. The highest BCUT2D eigenvalue weighted by Gasteiger charge is 2.27. The van der Waals surface area contributed by atoms with Gasteiger partial charge in [-0.1, -0.05) is 6.07 Å². The first-order chi connectivity index (χ1) is 12.5. The van der Waals surface area contributed by atoms with Gasteiger partial charge in [-0.2, -0.15) is 10.2 Å². The van der Waals surface area contributed by atoms with E-state index in [2.05, 4.69) is 17.1 Å². The predicted molar refractivity (Wildman–Crippen MR) is 95.6 cm³/mol. The molecule has 1 aliphatic heterocycles. The predicted octanol–water partition coefficient (Wildman–Crippen LogP) is 2.44. The van der Waals surface area contributed by atoms with E-state index in [0.717, 1.165) is 16.9 Å². The Morgan fingerprint density at radius 2 is 2.00 bits per heavy atom. The van der Waals surface area contributed by atoms with Crippen LogP contribution < -0.4 is 15.4 Å². The Bertz CT molecular complexity index is 825. The molecule has 0 spiro atoms. The van der Waals surface area contributed by atoms with Crippen LogP contribution in [0.25, 0.3) is 0 Å². The maximum absolute atomic E-state index is 11.3. The minimum atomic E-state index is -0.273. The van der Waals surface area contributed by atoms with Crippen LogP contribution in [0.5, 0.6) is 5.75 Å². The van der Waals surface area contributed by atoms with Crippen LogP contribution in [-0.2, 0) is 11.4 Å². The van der Waals surface area contributed by atoms with Crippen molar-refractivity contribution in [1.82, 2.24) is 4.98 Å². The zero-order valence-electron chi connectivity index (χ0n) is 15.0. The number of aryl methyl sites for hydroxylation is 2. The number of primary amides is 1. The van der Waals surface area contributed by atoms with Crippen LogP contribution in [0.1, 0.15) is 35.6 Å². The maximum atomic E-state index is 11.3. The van der Waals surface area contributed by atoms with Gasteiger partial charge in [-0.3, -0.25) is 4.79 Å². The number of aromatic nitrogens is 1. The summed E-state index contributed by atoms with van der Waals surface area (Å²) in [5.41, 5.74) is 7.83. The molecule has 1 aliphatic rings. The lowest BCUT2D eigenvalue weighted by Crippen LogP contribution is -2.38. The number of oxazole rings is 1. The fourth-order valence-electron chi connectivity index (χ4n) is 3.23. The molecule has 7 nitrogen and oxygen atoms in total. The minimum Gasteiger partial charge on any atom is -0.484 e. The van der Waals surface area contributed by atoms with E-state index < -0.39 is 0 Å². The zero-order valence-corrected chi connectivity index (χ0v) is 15.0. The number of anilines is 1. The molecule has 2 heterocycles. The minimum absolute atomic E-state index is 0.118. The third-order valence-electron chi connectivity index (χ3n) is 4.50. The number of ether oxygens (including phenoxy) is 1. The van der Waals surface area contributed by atoms with E-state index in [1.54, 1.807) is 0 Å². The second kappa shape index (κ2) is 7.48. The Kier molecular flexibility index (Phi) is 5.12. The average molecular weight is 354 g/mol. The summed E-state index contributed by atoms with van der Waals surface area (Å²) in [5, 5.41) is 9.35. The van der Waals surface area contributed by atoms with E-state index in [0.29, 0.717) is 37.7 Å². The highest BCUT2D eigenvalue weighted by atomic mass is 16.5. The largest absolute Gasteiger partial charge is 0.484 e. The average Bonchev–Trinajstić information content (AvgIpc) is 3.02. The number of hydrogen-bond donors (Lipinski definition) is 1. The molecule has 1 saturated heterocycles. The van der Waals surface area contributed by atoms with Crippen LogP contribution in [0, 0.1) is 31.1 Å². The van der Waals surface area contributed by atoms with E-state index in [1.807, 2.05) is 30.9 Å². The molecule has 26 heavy (non-hydrogen) atoms. The monoisotopic (exact) mass is 354 g/mol. The highest BCUT2D eigenvalue weighted by Crippen LogP contribution is 2.27. The topological polar surface area (TPSA) is 105 Å². The molecule has 7 heteroatoms. The molecule has 1 aromatic heterocycles. The summed E-state index contributed by atoms with van der Waals surface area (Å²) in [5.74, 6) is 1.14. The summed E-state index contributed by atoms with van der Waals surface area (Å²) in [6, 6.07) is 8.02. The van der Waals surface area contributed by atoms with Gasteiger partial charge < -0.3 is 19.8 Å². The van der Waals surface area contributed by atoms with Gasteiger partial charge in [0.1, 0.15) is 11.8 Å². The number of carbonyl (C=O) groups is 1. The second-order valence-corrected chi connectivity index (χ2v) is 6.65. The van der Waals surface area contributed by atoms with E-state index >= 15 is 0 Å². The molecule has 0 unspecified atom stereocenters. The van der Waals surface area contributed by atoms with Crippen LogP contribution in [0.3, 0.4) is 0 Å². The molecule has 0 aliphatic carbocycles. The van der Waals surface area contributed by atoms with Gasteiger partial charge in [0.15, 0.2) is 6.61 Å². The van der Waals surface area contributed by atoms with E-state index in [1.165, 1.54) is 0 Å². The molecule has 3 rings (SSSR count). The summed E-state index contributed by atoms with van der Waals surface area (Å²) >= 11 is 0. The van der Waals surface area contributed by atoms with E-state index in [4.69, 9.17) is 14.9 Å². The quantitative estimate of drug-likeness (QED) is 0.884. The first kappa shape index (κ1) is 17.8. The number of benzene rings is 1. The number of hydrogen-bond acceptors (Lipinski definition) is 6.